The monoisotopic (exact) mass is 349 g/mol. The Morgan fingerprint density at radius 1 is 1.39 bits per heavy atom. The molecule has 0 saturated heterocycles. The summed E-state index contributed by atoms with van der Waals surface area (Å²) in [4.78, 5) is 11.9. The molecule has 0 atom stereocenters. The summed E-state index contributed by atoms with van der Waals surface area (Å²) in [6.07, 6.45) is 4.24. The average molecular weight is 349 g/mol. The Labute approximate surface area is 141 Å². The van der Waals surface area contributed by atoms with E-state index >= 15 is 0 Å². The first-order valence-corrected chi connectivity index (χ1v) is 8.90. The molecule has 0 radical (unpaired) electrons. The van der Waals surface area contributed by atoms with Crippen molar-refractivity contribution in [3.63, 3.8) is 0 Å². The van der Waals surface area contributed by atoms with E-state index in [1.807, 2.05) is 18.2 Å². The zero-order valence-electron chi connectivity index (χ0n) is 12.4. The second-order valence-electron chi connectivity index (χ2n) is 4.66. The van der Waals surface area contributed by atoms with Gasteiger partial charge in [-0.3, -0.25) is 10.1 Å². The second kappa shape index (κ2) is 7.47. The summed E-state index contributed by atoms with van der Waals surface area (Å²) in [6.45, 7) is 2.34. The first-order chi connectivity index (χ1) is 11.2. The predicted molar refractivity (Wildman–Crippen MR) is 91.2 cm³/mol. The van der Waals surface area contributed by atoms with Gasteiger partial charge in [-0.2, -0.15) is 0 Å². The minimum atomic E-state index is -0.245. The molecule has 8 heteroatoms. The van der Waals surface area contributed by atoms with Crippen LogP contribution in [0.4, 0.5) is 5.13 Å². The summed E-state index contributed by atoms with van der Waals surface area (Å²) in [6, 6.07) is 5.51. The SMILES string of the molecule is CCCSc1nnc(NC(=O)/C=C/c2ccc3c(c2)OCO3)s1. The van der Waals surface area contributed by atoms with Crippen LogP contribution in [0.25, 0.3) is 6.08 Å². The van der Waals surface area contributed by atoms with Crippen molar-refractivity contribution in [3.8, 4) is 11.5 Å². The molecule has 1 amide bonds. The number of nitrogens with zero attached hydrogens (tertiary/aromatic N) is 2. The summed E-state index contributed by atoms with van der Waals surface area (Å²) in [5.41, 5.74) is 0.862. The van der Waals surface area contributed by atoms with E-state index in [1.165, 1.54) is 17.4 Å². The minimum Gasteiger partial charge on any atom is -0.454 e. The predicted octanol–water partition coefficient (Wildman–Crippen LogP) is 3.42. The van der Waals surface area contributed by atoms with Crippen molar-refractivity contribution in [1.29, 1.82) is 0 Å². The molecule has 3 rings (SSSR count). The van der Waals surface area contributed by atoms with Crippen molar-refractivity contribution < 1.29 is 14.3 Å². The molecule has 0 unspecified atom stereocenters. The Bertz CT molecular complexity index is 731. The number of benzene rings is 1. The lowest BCUT2D eigenvalue weighted by Crippen LogP contribution is -2.07. The van der Waals surface area contributed by atoms with Gasteiger partial charge < -0.3 is 9.47 Å². The molecule has 0 spiro atoms. The largest absolute Gasteiger partial charge is 0.454 e. The van der Waals surface area contributed by atoms with Gasteiger partial charge in [0.2, 0.25) is 17.8 Å². The van der Waals surface area contributed by atoms with Crippen LogP contribution in [0.5, 0.6) is 11.5 Å². The summed E-state index contributed by atoms with van der Waals surface area (Å²) in [7, 11) is 0. The summed E-state index contributed by atoms with van der Waals surface area (Å²) < 4.78 is 11.4. The molecule has 1 aromatic carbocycles. The van der Waals surface area contributed by atoms with Crippen molar-refractivity contribution in [2.75, 3.05) is 17.9 Å². The van der Waals surface area contributed by atoms with Crippen molar-refractivity contribution in [2.24, 2.45) is 0 Å². The van der Waals surface area contributed by atoms with Crippen molar-refractivity contribution in [1.82, 2.24) is 10.2 Å². The van der Waals surface area contributed by atoms with E-state index < -0.39 is 0 Å². The Balaban J connectivity index is 1.57. The van der Waals surface area contributed by atoms with Crippen molar-refractivity contribution in [2.45, 2.75) is 17.7 Å². The summed E-state index contributed by atoms with van der Waals surface area (Å²) >= 11 is 3.02. The third-order valence-electron chi connectivity index (χ3n) is 2.89. The molecule has 1 aliphatic rings. The van der Waals surface area contributed by atoms with Gasteiger partial charge in [-0.05, 0) is 30.2 Å². The Kier molecular flexibility index (Phi) is 5.14. The zero-order valence-corrected chi connectivity index (χ0v) is 14.1. The fourth-order valence-corrected chi connectivity index (χ4v) is 3.52. The van der Waals surface area contributed by atoms with E-state index in [0.29, 0.717) is 10.9 Å². The van der Waals surface area contributed by atoms with Gasteiger partial charge in [0.25, 0.3) is 0 Å². The molecular weight excluding hydrogens is 334 g/mol. The number of carbonyl (C=O) groups is 1. The highest BCUT2D eigenvalue weighted by Gasteiger charge is 2.12. The maximum atomic E-state index is 11.9. The highest BCUT2D eigenvalue weighted by Crippen LogP contribution is 2.32. The number of carbonyl (C=O) groups excluding carboxylic acids is 1. The quantitative estimate of drug-likeness (QED) is 0.489. The van der Waals surface area contributed by atoms with Crippen LogP contribution < -0.4 is 14.8 Å². The summed E-state index contributed by atoms with van der Waals surface area (Å²) in [5, 5.41) is 11.2. The molecule has 1 aliphatic heterocycles. The fourth-order valence-electron chi connectivity index (χ4n) is 1.84. The van der Waals surface area contributed by atoms with E-state index in [2.05, 4.69) is 22.4 Å². The number of amides is 1. The molecule has 2 heterocycles. The maximum absolute atomic E-state index is 11.9. The normalized spacial score (nSPS) is 12.7. The van der Waals surface area contributed by atoms with Crippen LogP contribution in [-0.2, 0) is 4.79 Å². The Morgan fingerprint density at radius 2 is 2.26 bits per heavy atom. The number of rotatable bonds is 6. The zero-order chi connectivity index (χ0) is 16.1. The van der Waals surface area contributed by atoms with Gasteiger partial charge in [-0.25, -0.2) is 0 Å². The topological polar surface area (TPSA) is 73.3 Å². The lowest BCUT2D eigenvalue weighted by atomic mass is 10.2. The standard InChI is InChI=1S/C15H15N3O3S2/c1-2-7-22-15-18-17-14(23-15)16-13(19)6-4-10-3-5-11-12(8-10)21-9-20-11/h3-6,8H,2,7,9H2,1H3,(H,16,17,19)/b6-4+. The molecule has 0 fully saturated rings. The number of thioether (sulfide) groups is 1. The number of hydrogen-bond acceptors (Lipinski definition) is 7. The van der Waals surface area contributed by atoms with Crippen LogP contribution >= 0.6 is 23.1 Å². The van der Waals surface area contributed by atoms with E-state index in [9.17, 15) is 4.79 Å². The van der Waals surface area contributed by atoms with Crippen LogP contribution in [0.2, 0.25) is 0 Å². The van der Waals surface area contributed by atoms with E-state index in [0.717, 1.165) is 27.8 Å². The molecule has 120 valence electrons. The number of fused-ring (bicyclic) bond motifs is 1. The molecule has 0 aliphatic carbocycles. The first-order valence-electron chi connectivity index (χ1n) is 7.09. The van der Waals surface area contributed by atoms with Crippen LogP contribution in [0.3, 0.4) is 0 Å². The highest BCUT2D eigenvalue weighted by molar-refractivity contribution is 8.01. The number of ether oxygens (including phenoxy) is 2. The van der Waals surface area contributed by atoms with E-state index in [-0.39, 0.29) is 12.7 Å². The van der Waals surface area contributed by atoms with Gasteiger partial charge in [-0.1, -0.05) is 36.1 Å². The molecule has 6 nitrogen and oxygen atoms in total. The lowest BCUT2D eigenvalue weighted by Gasteiger charge is -1.98. The smallest absolute Gasteiger partial charge is 0.250 e. The van der Waals surface area contributed by atoms with Gasteiger partial charge in [-0.15, -0.1) is 10.2 Å². The maximum Gasteiger partial charge on any atom is 0.250 e. The van der Waals surface area contributed by atoms with Crippen LogP contribution in [-0.4, -0.2) is 28.7 Å². The van der Waals surface area contributed by atoms with Crippen LogP contribution in [0.15, 0.2) is 28.6 Å². The lowest BCUT2D eigenvalue weighted by molar-refractivity contribution is -0.111. The molecule has 0 bridgehead atoms. The van der Waals surface area contributed by atoms with Crippen LogP contribution in [0.1, 0.15) is 18.9 Å². The van der Waals surface area contributed by atoms with E-state index in [1.54, 1.807) is 17.8 Å². The van der Waals surface area contributed by atoms with Gasteiger partial charge in [0.1, 0.15) is 0 Å². The highest BCUT2D eigenvalue weighted by atomic mass is 32.2. The van der Waals surface area contributed by atoms with Gasteiger partial charge >= 0.3 is 0 Å². The second-order valence-corrected chi connectivity index (χ2v) is 6.98. The molecule has 1 aromatic heterocycles. The van der Waals surface area contributed by atoms with E-state index in [4.69, 9.17) is 9.47 Å². The molecule has 0 saturated carbocycles. The fraction of sp³-hybridized carbons (Fsp3) is 0.267. The first kappa shape index (κ1) is 15.8. The van der Waals surface area contributed by atoms with Crippen molar-refractivity contribution >= 4 is 40.2 Å². The van der Waals surface area contributed by atoms with Crippen LogP contribution in [0, 0.1) is 0 Å². The molecule has 23 heavy (non-hydrogen) atoms. The van der Waals surface area contributed by atoms with Crippen molar-refractivity contribution in [3.05, 3.63) is 29.8 Å². The van der Waals surface area contributed by atoms with Gasteiger partial charge in [0.05, 0.1) is 0 Å². The minimum absolute atomic E-state index is 0.235. The third kappa shape index (κ3) is 4.23. The van der Waals surface area contributed by atoms with Gasteiger partial charge in [0.15, 0.2) is 15.8 Å². The molecular formula is C15H15N3O3S2. The third-order valence-corrected chi connectivity index (χ3v) is 5.07. The number of nitrogens with one attached hydrogen (secondary N) is 1. The number of hydrogen-bond donors (Lipinski definition) is 1. The summed E-state index contributed by atoms with van der Waals surface area (Å²) in [5.74, 6) is 2.16. The average Bonchev–Trinajstić information content (AvgIpc) is 3.19. The molecule has 1 N–H and O–H groups in total. The Hall–Kier alpha value is -2.06. The number of aromatic nitrogens is 2. The molecule has 2 aromatic rings. The Morgan fingerprint density at radius 3 is 3.13 bits per heavy atom. The number of anilines is 1. The van der Waals surface area contributed by atoms with Gasteiger partial charge in [0, 0.05) is 11.8 Å².